The molecule has 4 nitrogen and oxygen atoms in total. The van der Waals surface area contributed by atoms with E-state index in [9.17, 15) is 9.18 Å². The Morgan fingerprint density at radius 2 is 2.00 bits per heavy atom. The summed E-state index contributed by atoms with van der Waals surface area (Å²) in [4.78, 5) is 14.2. The van der Waals surface area contributed by atoms with Crippen molar-refractivity contribution in [2.75, 3.05) is 16.8 Å². The maximum absolute atomic E-state index is 12.9. The van der Waals surface area contributed by atoms with Crippen molar-refractivity contribution in [3.63, 3.8) is 0 Å². The Labute approximate surface area is 128 Å². The number of urea groups is 1. The smallest absolute Gasteiger partial charge is 0.326 e. The zero-order valence-electron chi connectivity index (χ0n) is 12.5. The average Bonchev–Trinajstić information content (AvgIpc) is 2.49. The number of hydrogen-bond acceptors (Lipinski definition) is 2. The number of carbonyl (C=O) groups excluding carboxylic acids is 1. The molecule has 0 bridgehead atoms. The number of aryl methyl sites for hydroxylation is 1. The summed E-state index contributed by atoms with van der Waals surface area (Å²) in [7, 11) is 0. The van der Waals surface area contributed by atoms with Crippen LogP contribution < -0.4 is 15.0 Å². The van der Waals surface area contributed by atoms with Crippen LogP contribution in [0.2, 0.25) is 0 Å². The summed E-state index contributed by atoms with van der Waals surface area (Å²) in [6, 6.07) is 11.2. The Kier molecular flexibility index (Phi) is 3.71. The topological polar surface area (TPSA) is 41.6 Å². The van der Waals surface area contributed by atoms with Crippen molar-refractivity contribution in [1.82, 2.24) is 0 Å². The monoisotopic (exact) mass is 300 g/mol. The van der Waals surface area contributed by atoms with Crippen LogP contribution >= 0.6 is 0 Å². The summed E-state index contributed by atoms with van der Waals surface area (Å²) in [5.74, 6) is 0.359. The van der Waals surface area contributed by atoms with E-state index < -0.39 is 0 Å². The number of amides is 2. The number of benzene rings is 2. The minimum atomic E-state index is -0.334. The number of nitrogens with zero attached hydrogens (tertiary/aromatic N) is 1. The Hall–Kier alpha value is -2.56. The molecule has 0 radical (unpaired) electrons. The molecule has 0 aromatic heterocycles. The molecule has 0 saturated carbocycles. The Bertz CT molecular complexity index is 700. The molecule has 0 fully saturated rings. The molecule has 1 atom stereocenters. The molecule has 1 aliphatic heterocycles. The van der Waals surface area contributed by atoms with Gasteiger partial charge in [-0.1, -0.05) is 6.07 Å². The van der Waals surface area contributed by atoms with Crippen LogP contribution in [0.3, 0.4) is 0 Å². The zero-order valence-corrected chi connectivity index (χ0v) is 12.5. The normalized spacial score (nSPS) is 16.7. The van der Waals surface area contributed by atoms with E-state index in [0.717, 1.165) is 11.3 Å². The summed E-state index contributed by atoms with van der Waals surface area (Å²) in [5, 5.41) is 2.78. The fraction of sp³-hybridized carbons (Fsp3) is 0.235. The van der Waals surface area contributed by atoms with Gasteiger partial charge in [0.2, 0.25) is 0 Å². The van der Waals surface area contributed by atoms with Crippen molar-refractivity contribution in [1.29, 1.82) is 0 Å². The second-order valence-corrected chi connectivity index (χ2v) is 5.45. The van der Waals surface area contributed by atoms with Gasteiger partial charge in [-0.25, -0.2) is 9.18 Å². The lowest BCUT2D eigenvalue weighted by atomic mass is 10.1. The van der Waals surface area contributed by atoms with E-state index in [2.05, 4.69) is 5.32 Å². The first kappa shape index (κ1) is 14.4. The van der Waals surface area contributed by atoms with Crippen molar-refractivity contribution in [3.05, 3.63) is 53.8 Å². The highest BCUT2D eigenvalue weighted by Crippen LogP contribution is 2.34. The number of rotatable bonds is 1. The molecule has 22 heavy (non-hydrogen) atoms. The molecule has 2 amide bonds. The van der Waals surface area contributed by atoms with Crippen LogP contribution in [0.15, 0.2) is 42.5 Å². The SMILES string of the molecule is Cc1ccc2c(c1)N(C(=O)Nc1ccc(F)cc1)C[C@@H](C)O2. The van der Waals surface area contributed by atoms with Gasteiger partial charge < -0.3 is 10.1 Å². The third kappa shape index (κ3) is 2.88. The van der Waals surface area contributed by atoms with Gasteiger partial charge in [-0.05, 0) is 55.8 Å². The Morgan fingerprint density at radius 1 is 1.27 bits per heavy atom. The lowest BCUT2D eigenvalue weighted by Gasteiger charge is -2.33. The van der Waals surface area contributed by atoms with E-state index in [0.29, 0.717) is 18.0 Å². The quantitative estimate of drug-likeness (QED) is 0.866. The highest BCUT2D eigenvalue weighted by molar-refractivity contribution is 6.03. The van der Waals surface area contributed by atoms with Crippen LogP contribution in [0.5, 0.6) is 5.75 Å². The van der Waals surface area contributed by atoms with Gasteiger partial charge >= 0.3 is 6.03 Å². The predicted octanol–water partition coefficient (Wildman–Crippen LogP) is 3.95. The molecular weight excluding hydrogens is 283 g/mol. The molecule has 0 spiro atoms. The minimum absolute atomic E-state index is 0.0887. The van der Waals surface area contributed by atoms with Crippen LogP contribution in [-0.2, 0) is 0 Å². The second kappa shape index (κ2) is 5.67. The van der Waals surface area contributed by atoms with E-state index in [1.165, 1.54) is 24.3 Å². The zero-order chi connectivity index (χ0) is 15.7. The third-order valence-corrected chi connectivity index (χ3v) is 3.51. The van der Waals surface area contributed by atoms with Crippen molar-refractivity contribution in [3.8, 4) is 5.75 Å². The molecule has 1 heterocycles. The lowest BCUT2D eigenvalue weighted by Crippen LogP contribution is -2.44. The minimum Gasteiger partial charge on any atom is -0.487 e. The largest absolute Gasteiger partial charge is 0.487 e. The molecule has 0 unspecified atom stereocenters. The second-order valence-electron chi connectivity index (χ2n) is 5.45. The molecule has 2 aromatic rings. The summed E-state index contributed by atoms with van der Waals surface area (Å²) in [6.07, 6.45) is -0.0887. The molecule has 1 aliphatic rings. The van der Waals surface area contributed by atoms with Crippen LogP contribution in [0.4, 0.5) is 20.6 Å². The van der Waals surface area contributed by atoms with Crippen LogP contribution in [0.1, 0.15) is 12.5 Å². The van der Waals surface area contributed by atoms with Gasteiger partial charge in [0, 0.05) is 5.69 Å². The molecular formula is C17H17FN2O2. The number of fused-ring (bicyclic) bond motifs is 1. The molecule has 1 N–H and O–H groups in total. The molecule has 0 saturated heterocycles. The number of nitrogens with one attached hydrogen (secondary N) is 1. The molecule has 3 rings (SSSR count). The number of hydrogen-bond donors (Lipinski definition) is 1. The van der Waals surface area contributed by atoms with Crippen LogP contribution in [0, 0.1) is 12.7 Å². The first-order chi connectivity index (χ1) is 10.5. The first-order valence-electron chi connectivity index (χ1n) is 7.14. The van der Waals surface area contributed by atoms with Crippen molar-refractivity contribution in [2.24, 2.45) is 0 Å². The van der Waals surface area contributed by atoms with Crippen molar-refractivity contribution < 1.29 is 13.9 Å². The number of anilines is 2. The highest BCUT2D eigenvalue weighted by Gasteiger charge is 2.27. The summed E-state index contributed by atoms with van der Waals surface area (Å²) in [5.41, 5.74) is 2.36. The highest BCUT2D eigenvalue weighted by atomic mass is 19.1. The van der Waals surface area contributed by atoms with Crippen molar-refractivity contribution in [2.45, 2.75) is 20.0 Å². The number of ether oxygens (including phenoxy) is 1. The van der Waals surface area contributed by atoms with Gasteiger partial charge in [-0.2, -0.15) is 0 Å². The third-order valence-electron chi connectivity index (χ3n) is 3.51. The predicted molar refractivity (Wildman–Crippen MR) is 84.0 cm³/mol. The van der Waals surface area contributed by atoms with Gasteiger partial charge in [-0.15, -0.1) is 0 Å². The molecule has 114 valence electrons. The maximum Gasteiger partial charge on any atom is 0.326 e. The van der Waals surface area contributed by atoms with E-state index in [-0.39, 0.29) is 18.0 Å². The maximum atomic E-state index is 12.9. The van der Waals surface area contributed by atoms with Gasteiger partial charge in [0.25, 0.3) is 0 Å². The van der Waals surface area contributed by atoms with Gasteiger partial charge in [0.05, 0.1) is 12.2 Å². The van der Waals surface area contributed by atoms with E-state index >= 15 is 0 Å². The van der Waals surface area contributed by atoms with E-state index in [4.69, 9.17) is 4.74 Å². The summed E-state index contributed by atoms with van der Waals surface area (Å²) in [6.45, 7) is 4.35. The standard InChI is InChI=1S/C17H17FN2O2/c1-11-3-8-16-15(9-11)20(10-12(2)22-16)17(21)19-14-6-4-13(18)5-7-14/h3-9,12H,10H2,1-2H3,(H,19,21)/t12-/m1/s1. The van der Waals surface area contributed by atoms with Gasteiger partial charge in [0.1, 0.15) is 17.7 Å². The van der Waals surface area contributed by atoms with Crippen LogP contribution in [0.25, 0.3) is 0 Å². The van der Waals surface area contributed by atoms with Gasteiger partial charge in [-0.3, -0.25) is 4.90 Å². The van der Waals surface area contributed by atoms with Gasteiger partial charge in [0.15, 0.2) is 0 Å². The average molecular weight is 300 g/mol. The summed E-state index contributed by atoms with van der Waals surface area (Å²) < 4.78 is 18.7. The lowest BCUT2D eigenvalue weighted by molar-refractivity contribution is 0.208. The Morgan fingerprint density at radius 3 is 2.73 bits per heavy atom. The fourth-order valence-electron chi connectivity index (χ4n) is 2.46. The van der Waals surface area contributed by atoms with E-state index in [1.807, 2.05) is 32.0 Å². The molecule has 2 aromatic carbocycles. The van der Waals surface area contributed by atoms with Crippen molar-refractivity contribution >= 4 is 17.4 Å². The number of halogens is 1. The van der Waals surface area contributed by atoms with Crippen LogP contribution in [-0.4, -0.2) is 18.7 Å². The molecule has 5 heteroatoms. The molecule has 0 aliphatic carbocycles. The summed E-state index contributed by atoms with van der Waals surface area (Å²) >= 11 is 0. The fourth-order valence-corrected chi connectivity index (χ4v) is 2.46. The Balaban J connectivity index is 1.86. The first-order valence-corrected chi connectivity index (χ1v) is 7.14. The van der Waals surface area contributed by atoms with E-state index in [1.54, 1.807) is 4.90 Å². The number of carbonyl (C=O) groups is 1.